The molecule has 0 radical (unpaired) electrons. The van der Waals surface area contributed by atoms with Gasteiger partial charge < -0.3 is 19.9 Å². The Morgan fingerprint density at radius 3 is 2.79 bits per heavy atom. The number of aromatic nitrogens is 3. The number of nitrogens with zero attached hydrogens (tertiary/aromatic N) is 3. The van der Waals surface area contributed by atoms with Crippen LogP contribution < -0.4 is 10.1 Å². The molecular weight excluding hydrogens is 410 g/mol. The summed E-state index contributed by atoms with van der Waals surface area (Å²) in [5, 5.41) is 13.4. The first-order valence-corrected chi connectivity index (χ1v) is 10.0. The predicted molar refractivity (Wildman–Crippen MR) is 104 cm³/mol. The zero-order valence-electron chi connectivity index (χ0n) is 15.1. The number of nitrogens with one attached hydrogen (secondary N) is 1. The highest BCUT2D eigenvalue weighted by Gasteiger charge is 2.18. The fraction of sp³-hybridized carbons (Fsp3) is 0.353. The van der Waals surface area contributed by atoms with E-state index in [2.05, 4.69) is 20.3 Å². The molecule has 150 valence electrons. The Bertz CT molecular complexity index is 958. The van der Waals surface area contributed by atoms with E-state index >= 15 is 0 Å². The Morgan fingerprint density at radius 1 is 1.25 bits per heavy atom. The van der Waals surface area contributed by atoms with Crippen LogP contribution in [0.5, 0.6) is 5.19 Å². The number of thioether (sulfide) groups is 1. The first kappa shape index (κ1) is 20.6. The Kier molecular flexibility index (Phi) is 6.94. The van der Waals surface area contributed by atoms with Gasteiger partial charge in [-0.2, -0.15) is 4.98 Å². The average Bonchev–Trinajstić information content (AvgIpc) is 3.12. The molecule has 0 spiro atoms. The topological polar surface area (TPSA) is 89.4 Å². The summed E-state index contributed by atoms with van der Waals surface area (Å²) in [5.41, 5.74) is 0.627. The first-order valence-electron chi connectivity index (χ1n) is 8.20. The van der Waals surface area contributed by atoms with Crippen molar-refractivity contribution < 1.29 is 23.4 Å². The van der Waals surface area contributed by atoms with Gasteiger partial charge in [0.25, 0.3) is 5.19 Å². The van der Waals surface area contributed by atoms with E-state index in [-0.39, 0.29) is 30.6 Å². The zero-order chi connectivity index (χ0) is 20.1. The molecule has 0 saturated heterocycles. The van der Waals surface area contributed by atoms with Gasteiger partial charge in [0.05, 0.1) is 26.4 Å². The van der Waals surface area contributed by atoms with E-state index in [4.69, 9.17) is 9.47 Å². The lowest BCUT2D eigenvalue weighted by atomic mass is 10.2. The largest absolute Gasteiger partial charge is 0.473 e. The molecule has 0 amide bonds. The molecule has 0 saturated carbocycles. The number of rotatable bonds is 9. The van der Waals surface area contributed by atoms with E-state index in [1.165, 1.54) is 37.7 Å². The molecule has 1 aromatic carbocycles. The van der Waals surface area contributed by atoms with Crippen LogP contribution in [0.25, 0.3) is 10.3 Å². The molecule has 0 fully saturated rings. The number of hydrogen-bond donors (Lipinski definition) is 2. The average molecular weight is 428 g/mol. The van der Waals surface area contributed by atoms with E-state index in [1.807, 2.05) is 0 Å². The summed E-state index contributed by atoms with van der Waals surface area (Å²) in [7, 11) is 3.03. The number of ether oxygens (including phenoxy) is 2. The maximum atomic E-state index is 13.9. The monoisotopic (exact) mass is 428 g/mol. The maximum Gasteiger partial charge on any atom is 0.275 e. The van der Waals surface area contributed by atoms with Crippen LogP contribution in [0.15, 0.2) is 23.4 Å². The Labute approximate surface area is 168 Å². The van der Waals surface area contributed by atoms with Crippen LogP contribution in [-0.4, -0.2) is 53.5 Å². The van der Waals surface area contributed by atoms with Crippen molar-refractivity contribution in [2.75, 3.05) is 32.8 Å². The van der Waals surface area contributed by atoms with Gasteiger partial charge in [0.2, 0.25) is 0 Å². The second kappa shape index (κ2) is 9.41. The summed E-state index contributed by atoms with van der Waals surface area (Å²) in [6, 6.07) is 3.65. The molecule has 0 aliphatic rings. The zero-order valence-corrected chi connectivity index (χ0v) is 16.7. The number of aliphatic hydroxyl groups excluding tert-OH is 1. The summed E-state index contributed by atoms with van der Waals surface area (Å²) in [5.74, 6) is -1.17. The number of fused-ring (bicyclic) bond motifs is 1. The van der Waals surface area contributed by atoms with Crippen molar-refractivity contribution in [1.82, 2.24) is 15.0 Å². The second-order valence-corrected chi connectivity index (χ2v) is 7.58. The smallest absolute Gasteiger partial charge is 0.275 e. The number of benzene rings is 1. The third-order valence-electron chi connectivity index (χ3n) is 3.71. The van der Waals surface area contributed by atoms with Gasteiger partial charge in [-0.3, -0.25) is 0 Å². The van der Waals surface area contributed by atoms with Crippen LogP contribution in [0, 0.1) is 11.6 Å². The van der Waals surface area contributed by atoms with Crippen LogP contribution in [0.1, 0.15) is 5.56 Å². The quantitative estimate of drug-likeness (QED) is 0.397. The fourth-order valence-electron chi connectivity index (χ4n) is 2.37. The highest BCUT2D eigenvalue weighted by Crippen LogP contribution is 2.34. The van der Waals surface area contributed by atoms with E-state index in [9.17, 15) is 13.9 Å². The molecule has 11 heteroatoms. The van der Waals surface area contributed by atoms with Crippen LogP contribution >= 0.6 is 23.1 Å². The third kappa shape index (κ3) is 4.66. The number of methoxy groups -OCH3 is 2. The Balaban J connectivity index is 1.90. The number of thiazole rings is 1. The van der Waals surface area contributed by atoms with Gasteiger partial charge in [-0.1, -0.05) is 35.2 Å². The minimum absolute atomic E-state index is 0.150. The molecule has 1 unspecified atom stereocenters. The van der Waals surface area contributed by atoms with Crippen molar-refractivity contribution in [1.29, 1.82) is 0 Å². The van der Waals surface area contributed by atoms with E-state index in [0.717, 1.165) is 17.8 Å². The van der Waals surface area contributed by atoms with Gasteiger partial charge in [0.1, 0.15) is 4.70 Å². The summed E-state index contributed by atoms with van der Waals surface area (Å²) < 4.78 is 38.2. The molecule has 1 atom stereocenters. The maximum absolute atomic E-state index is 13.9. The lowest BCUT2D eigenvalue weighted by molar-refractivity contribution is 0.153. The van der Waals surface area contributed by atoms with Crippen LogP contribution in [0.2, 0.25) is 0 Å². The lowest BCUT2D eigenvalue weighted by Crippen LogP contribution is -2.29. The number of anilines is 1. The van der Waals surface area contributed by atoms with Gasteiger partial charge in [0, 0.05) is 18.4 Å². The molecule has 28 heavy (non-hydrogen) atoms. The predicted octanol–water partition coefficient (Wildman–Crippen LogP) is 3.08. The molecule has 2 aromatic heterocycles. The molecule has 2 N–H and O–H groups in total. The summed E-state index contributed by atoms with van der Waals surface area (Å²) in [6.45, 7) is 0.112. The standard InChI is InChI=1S/C17H18F2N4O3S2/c1-25-7-10(6-24)20-14-13-15(23-17(26-2)28-13)22-16(21-14)27-8-9-4-3-5-11(18)12(9)19/h3-5,10,24H,6-8H2,1-2H3,(H,20,21,22). The number of hydrogen-bond acceptors (Lipinski definition) is 9. The summed E-state index contributed by atoms with van der Waals surface area (Å²) in [6.07, 6.45) is 0. The molecule has 0 aliphatic heterocycles. The highest BCUT2D eigenvalue weighted by atomic mass is 32.2. The molecule has 3 rings (SSSR count). The van der Waals surface area contributed by atoms with E-state index in [0.29, 0.717) is 26.5 Å². The third-order valence-corrected chi connectivity index (χ3v) is 5.61. The summed E-state index contributed by atoms with van der Waals surface area (Å²) in [4.78, 5) is 13.1. The van der Waals surface area contributed by atoms with Crippen LogP contribution in [0.4, 0.5) is 14.6 Å². The van der Waals surface area contributed by atoms with E-state index in [1.54, 1.807) is 0 Å². The van der Waals surface area contributed by atoms with E-state index < -0.39 is 11.6 Å². The number of halogens is 2. The minimum atomic E-state index is -0.897. The molecule has 7 nitrogen and oxygen atoms in total. The Hall–Kier alpha value is -2.08. The second-order valence-electron chi connectivity index (χ2n) is 5.67. The van der Waals surface area contributed by atoms with Gasteiger partial charge in [0.15, 0.2) is 28.3 Å². The van der Waals surface area contributed by atoms with Crippen molar-refractivity contribution in [2.24, 2.45) is 0 Å². The van der Waals surface area contributed by atoms with Crippen molar-refractivity contribution in [2.45, 2.75) is 17.0 Å². The lowest BCUT2D eigenvalue weighted by Gasteiger charge is -2.16. The highest BCUT2D eigenvalue weighted by molar-refractivity contribution is 7.98. The minimum Gasteiger partial charge on any atom is -0.473 e. The van der Waals surface area contributed by atoms with Gasteiger partial charge in [-0.05, 0) is 6.07 Å². The van der Waals surface area contributed by atoms with Crippen molar-refractivity contribution in [3.05, 3.63) is 35.4 Å². The Morgan fingerprint density at radius 2 is 2.07 bits per heavy atom. The molecular formula is C17H18F2N4O3S2. The van der Waals surface area contributed by atoms with Crippen LogP contribution in [0.3, 0.4) is 0 Å². The SMILES string of the molecule is COCC(CO)Nc1nc(SCc2cccc(F)c2F)nc2nc(OC)sc12. The van der Waals surface area contributed by atoms with Crippen molar-refractivity contribution in [3.63, 3.8) is 0 Å². The number of aliphatic hydroxyl groups is 1. The van der Waals surface area contributed by atoms with Crippen LogP contribution in [-0.2, 0) is 10.5 Å². The first-order chi connectivity index (χ1) is 13.5. The van der Waals surface area contributed by atoms with Crippen molar-refractivity contribution in [3.8, 4) is 5.19 Å². The molecule has 3 aromatic rings. The molecule has 0 bridgehead atoms. The normalized spacial score (nSPS) is 12.3. The molecule has 2 heterocycles. The summed E-state index contributed by atoms with van der Waals surface area (Å²) >= 11 is 2.41. The van der Waals surface area contributed by atoms with Gasteiger partial charge in [-0.15, -0.1) is 0 Å². The van der Waals surface area contributed by atoms with Crippen molar-refractivity contribution >= 4 is 39.3 Å². The van der Waals surface area contributed by atoms with Gasteiger partial charge >= 0.3 is 0 Å². The fourth-order valence-corrected chi connectivity index (χ4v) is 3.96. The molecule has 0 aliphatic carbocycles. The van der Waals surface area contributed by atoms with Gasteiger partial charge in [-0.25, -0.2) is 18.7 Å².